The van der Waals surface area contributed by atoms with Crippen LogP contribution in [-0.2, 0) is 11.2 Å². The Morgan fingerprint density at radius 2 is 2.37 bits per heavy atom. The molecular weight excluding hydrogens is 246 g/mol. The van der Waals surface area contributed by atoms with Crippen molar-refractivity contribution < 1.29 is 19.4 Å². The van der Waals surface area contributed by atoms with Gasteiger partial charge in [-0.2, -0.15) is 5.26 Å². The topological polar surface area (TPSA) is 79.5 Å². The number of hydrogen-bond acceptors (Lipinski definition) is 4. The largest absolute Gasteiger partial charge is 0.496 e. The maximum atomic E-state index is 10.9. The average Bonchev–Trinajstić information content (AvgIpc) is 2.73. The van der Waals surface area contributed by atoms with Crippen LogP contribution in [-0.4, -0.2) is 24.3 Å². The summed E-state index contributed by atoms with van der Waals surface area (Å²) in [6.45, 7) is 1.96. The number of nitrogens with zero attached hydrogens (tertiary/aromatic N) is 1. The number of carboxylic acid groups (broad SMARTS) is 1. The fraction of sp³-hybridized carbons (Fsp3) is 0.286. The standard InChI is InChI=1S/C14H13NO4/c1-8-3-9-5-12(18-2)10(6-13(9)19-8)4-11(7-15)14(16)17/h4-6,8H,3H2,1-2H3,(H,16,17)/b11-4-/t8-/m0/s1. The van der Waals surface area contributed by atoms with Gasteiger partial charge in [-0.3, -0.25) is 0 Å². The molecule has 0 radical (unpaired) electrons. The highest BCUT2D eigenvalue weighted by Gasteiger charge is 2.21. The minimum Gasteiger partial charge on any atom is -0.496 e. The molecule has 1 heterocycles. The summed E-state index contributed by atoms with van der Waals surface area (Å²) in [7, 11) is 1.51. The first-order chi connectivity index (χ1) is 9.05. The van der Waals surface area contributed by atoms with Gasteiger partial charge in [0.1, 0.15) is 29.2 Å². The van der Waals surface area contributed by atoms with Gasteiger partial charge in [-0.05, 0) is 25.1 Å². The molecule has 5 heteroatoms. The summed E-state index contributed by atoms with van der Waals surface area (Å²) in [5, 5.41) is 17.7. The molecule has 1 N–H and O–H groups in total. The summed E-state index contributed by atoms with van der Waals surface area (Å²) in [5.74, 6) is -0.0213. The third-order valence-electron chi connectivity index (χ3n) is 2.90. The van der Waals surface area contributed by atoms with E-state index in [-0.39, 0.29) is 11.7 Å². The van der Waals surface area contributed by atoms with Gasteiger partial charge in [-0.25, -0.2) is 4.79 Å². The average molecular weight is 259 g/mol. The van der Waals surface area contributed by atoms with Crippen LogP contribution in [0.25, 0.3) is 6.08 Å². The lowest BCUT2D eigenvalue weighted by molar-refractivity contribution is -0.132. The second-order valence-corrected chi connectivity index (χ2v) is 4.31. The SMILES string of the molecule is COc1cc2c(cc1/C=C(/C#N)C(=O)O)O[C@@H](C)C2. The van der Waals surface area contributed by atoms with Crippen LogP contribution in [0.3, 0.4) is 0 Å². The van der Waals surface area contributed by atoms with Crippen molar-refractivity contribution in [1.82, 2.24) is 0 Å². The van der Waals surface area contributed by atoms with Gasteiger partial charge >= 0.3 is 5.97 Å². The van der Waals surface area contributed by atoms with E-state index in [0.717, 1.165) is 12.0 Å². The minimum absolute atomic E-state index is 0.0915. The van der Waals surface area contributed by atoms with Crippen LogP contribution >= 0.6 is 0 Å². The molecule has 1 aromatic carbocycles. The van der Waals surface area contributed by atoms with E-state index in [1.54, 1.807) is 12.1 Å². The molecule has 0 saturated carbocycles. The summed E-state index contributed by atoms with van der Waals surface area (Å²) < 4.78 is 10.8. The molecule has 0 amide bonds. The highest BCUT2D eigenvalue weighted by molar-refractivity contribution is 5.97. The Morgan fingerprint density at radius 3 is 2.95 bits per heavy atom. The Labute approximate surface area is 110 Å². The number of carbonyl (C=O) groups is 1. The van der Waals surface area contributed by atoms with Crippen LogP contribution < -0.4 is 9.47 Å². The van der Waals surface area contributed by atoms with Crippen molar-refractivity contribution >= 4 is 12.0 Å². The zero-order chi connectivity index (χ0) is 14.0. The lowest BCUT2D eigenvalue weighted by Crippen LogP contribution is -2.05. The minimum atomic E-state index is -1.26. The van der Waals surface area contributed by atoms with Crippen molar-refractivity contribution in [2.24, 2.45) is 0 Å². The smallest absolute Gasteiger partial charge is 0.346 e. The molecule has 19 heavy (non-hydrogen) atoms. The van der Waals surface area contributed by atoms with Crippen molar-refractivity contribution in [2.75, 3.05) is 7.11 Å². The highest BCUT2D eigenvalue weighted by atomic mass is 16.5. The zero-order valence-corrected chi connectivity index (χ0v) is 10.6. The van der Waals surface area contributed by atoms with Gasteiger partial charge in [0.05, 0.1) is 7.11 Å². The quantitative estimate of drug-likeness (QED) is 0.663. The van der Waals surface area contributed by atoms with Crippen LogP contribution in [0.15, 0.2) is 17.7 Å². The molecule has 98 valence electrons. The number of aliphatic carboxylic acids is 1. The number of benzene rings is 1. The Balaban J connectivity index is 2.50. The lowest BCUT2D eigenvalue weighted by atomic mass is 10.0. The Morgan fingerprint density at radius 1 is 1.63 bits per heavy atom. The summed E-state index contributed by atoms with van der Waals surface area (Å²) in [6.07, 6.45) is 2.17. The number of ether oxygens (including phenoxy) is 2. The van der Waals surface area contributed by atoms with Crippen molar-refractivity contribution in [3.63, 3.8) is 0 Å². The van der Waals surface area contributed by atoms with E-state index in [2.05, 4.69) is 0 Å². The molecule has 0 unspecified atom stereocenters. The van der Waals surface area contributed by atoms with Crippen LogP contribution in [0.4, 0.5) is 0 Å². The normalized spacial score (nSPS) is 17.3. The molecule has 1 atom stereocenters. The first-order valence-corrected chi connectivity index (χ1v) is 5.77. The van der Waals surface area contributed by atoms with E-state index in [1.807, 2.05) is 13.0 Å². The van der Waals surface area contributed by atoms with E-state index < -0.39 is 5.97 Å². The van der Waals surface area contributed by atoms with Gasteiger partial charge < -0.3 is 14.6 Å². The molecule has 0 fully saturated rings. The molecule has 1 aliphatic rings. The number of hydrogen-bond donors (Lipinski definition) is 1. The maximum Gasteiger partial charge on any atom is 0.346 e. The zero-order valence-electron chi connectivity index (χ0n) is 10.6. The first kappa shape index (κ1) is 13.0. The predicted molar refractivity (Wildman–Crippen MR) is 68.0 cm³/mol. The lowest BCUT2D eigenvalue weighted by Gasteiger charge is -2.08. The van der Waals surface area contributed by atoms with Crippen LogP contribution in [0.5, 0.6) is 11.5 Å². The number of methoxy groups -OCH3 is 1. The molecule has 0 saturated heterocycles. The third-order valence-corrected chi connectivity index (χ3v) is 2.90. The number of rotatable bonds is 3. The van der Waals surface area contributed by atoms with E-state index in [4.69, 9.17) is 19.8 Å². The first-order valence-electron chi connectivity index (χ1n) is 5.77. The Bertz CT molecular complexity index is 598. The number of fused-ring (bicyclic) bond motifs is 1. The van der Waals surface area contributed by atoms with Crippen molar-refractivity contribution in [3.8, 4) is 17.6 Å². The van der Waals surface area contributed by atoms with Gasteiger partial charge in [-0.1, -0.05) is 0 Å². The molecule has 1 aliphatic heterocycles. The van der Waals surface area contributed by atoms with Gasteiger partial charge in [-0.15, -0.1) is 0 Å². The summed E-state index contributed by atoms with van der Waals surface area (Å²) in [4.78, 5) is 10.9. The van der Waals surface area contributed by atoms with E-state index in [1.165, 1.54) is 13.2 Å². The monoisotopic (exact) mass is 259 g/mol. The Kier molecular flexibility index (Phi) is 3.43. The van der Waals surface area contributed by atoms with Crippen molar-refractivity contribution in [3.05, 3.63) is 28.8 Å². The fourth-order valence-corrected chi connectivity index (χ4v) is 2.04. The fourth-order valence-electron chi connectivity index (χ4n) is 2.04. The van der Waals surface area contributed by atoms with E-state index >= 15 is 0 Å². The summed E-state index contributed by atoms with van der Waals surface area (Å²) in [6, 6.07) is 5.17. The van der Waals surface area contributed by atoms with E-state index in [0.29, 0.717) is 17.1 Å². The molecule has 0 bridgehead atoms. The molecule has 0 aromatic heterocycles. The van der Waals surface area contributed by atoms with E-state index in [9.17, 15) is 4.79 Å². The van der Waals surface area contributed by atoms with Gasteiger partial charge in [0.25, 0.3) is 0 Å². The van der Waals surface area contributed by atoms with Crippen molar-refractivity contribution in [2.45, 2.75) is 19.4 Å². The van der Waals surface area contributed by atoms with Crippen LogP contribution in [0.2, 0.25) is 0 Å². The molecule has 0 aliphatic carbocycles. The maximum absolute atomic E-state index is 10.9. The van der Waals surface area contributed by atoms with Gasteiger partial charge in [0, 0.05) is 17.5 Å². The summed E-state index contributed by atoms with van der Waals surface area (Å²) in [5.41, 5.74) is 1.20. The number of carboxylic acids is 1. The predicted octanol–water partition coefficient (Wildman–Crippen LogP) is 2.01. The molecule has 2 rings (SSSR count). The molecular formula is C14H13NO4. The third kappa shape index (κ3) is 2.52. The second kappa shape index (κ2) is 5.02. The molecule has 0 spiro atoms. The molecule has 5 nitrogen and oxygen atoms in total. The van der Waals surface area contributed by atoms with Gasteiger partial charge in [0.2, 0.25) is 0 Å². The second-order valence-electron chi connectivity index (χ2n) is 4.31. The van der Waals surface area contributed by atoms with Crippen LogP contribution in [0.1, 0.15) is 18.1 Å². The van der Waals surface area contributed by atoms with Gasteiger partial charge in [0.15, 0.2) is 0 Å². The van der Waals surface area contributed by atoms with Crippen molar-refractivity contribution in [1.29, 1.82) is 5.26 Å². The Hall–Kier alpha value is -2.48. The molecule has 1 aromatic rings. The number of nitriles is 1. The summed E-state index contributed by atoms with van der Waals surface area (Å²) >= 11 is 0. The van der Waals surface area contributed by atoms with Crippen LogP contribution in [0, 0.1) is 11.3 Å². The highest BCUT2D eigenvalue weighted by Crippen LogP contribution is 2.35.